The smallest absolute Gasteiger partial charge is 0.274 e. The molecule has 0 aliphatic rings. The van der Waals surface area contributed by atoms with Gasteiger partial charge in [0.15, 0.2) is 0 Å². The zero-order chi connectivity index (χ0) is 19.9. The molecule has 3 rings (SSSR count). The van der Waals surface area contributed by atoms with Crippen LogP contribution < -0.4 is 10.6 Å². The Balaban J connectivity index is 1.64. The first kappa shape index (κ1) is 19.3. The molecule has 0 aliphatic heterocycles. The molecule has 0 saturated heterocycles. The van der Waals surface area contributed by atoms with Crippen molar-refractivity contribution >= 4 is 17.5 Å². The van der Waals surface area contributed by atoms with Gasteiger partial charge in [-0.05, 0) is 41.3 Å². The van der Waals surface area contributed by atoms with E-state index in [1.54, 1.807) is 6.07 Å². The molecule has 0 spiro atoms. The van der Waals surface area contributed by atoms with E-state index in [2.05, 4.69) is 29.5 Å². The van der Waals surface area contributed by atoms with Crippen LogP contribution in [0.3, 0.4) is 0 Å². The van der Waals surface area contributed by atoms with Gasteiger partial charge in [0.1, 0.15) is 5.69 Å². The molecule has 0 saturated carbocycles. The van der Waals surface area contributed by atoms with Gasteiger partial charge in [0.05, 0.1) is 0 Å². The summed E-state index contributed by atoms with van der Waals surface area (Å²) in [6.07, 6.45) is 1.47. The molecule has 1 heterocycles. The van der Waals surface area contributed by atoms with Crippen molar-refractivity contribution in [3.63, 3.8) is 0 Å². The second-order valence-corrected chi connectivity index (χ2v) is 6.83. The lowest BCUT2D eigenvalue weighted by Gasteiger charge is -2.09. The summed E-state index contributed by atoms with van der Waals surface area (Å²) in [5.74, 6) is -0.172. The lowest BCUT2D eigenvalue weighted by atomic mass is 10.0. The molecule has 0 radical (unpaired) electrons. The maximum atomic E-state index is 12.5. The normalized spacial score (nSPS) is 10.5. The minimum atomic E-state index is -0.352. The number of amides is 2. The second-order valence-electron chi connectivity index (χ2n) is 6.83. The number of benzene rings is 2. The van der Waals surface area contributed by atoms with E-state index in [1.807, 2.05) is 54.6 Å². The van der Waals surface area contributed by atoms with Crippen molar-refractivity contribution in [1.82, 2.24) is 10.3 Å². The number of pyridine rings is 1. The Morgan fingerprint density at radius 2 is 1.64 bits per heavy atom. The van der Waals surface area contributed by atoms with Crippen molar-refractivity contribution in [2.45, 2.75) is 26.3 Å². The van der Waals surface area contributed by atoms with Crippen LogP contribution in [-0.4, -0.2) is 16.8 Å². The highest BCUT2D eigenvalue weighted by molar-refractivity contribution is 6.04. The molecule has 0 aliphatic carbocycles. The van der Waals surface area contributed by atoms with Gasteiger partial charge in [-0.25, -0.2) is 0 Å². The first-order chi connectivity index (χ1) is 13.5. The van der Waals surface area contributed by atoms with Crippen LogP contribution in [0.2, 0.25) is 0 Å². The molecule has 3 aromatic rings. The molecule has 5 heteroatoms. The van der Waals surface area contributed by atoms with Gasteiger partial charge in [-0.3, -0.25) is 14.6 Å². The van der Waals surface area contributed by atoms with Gasteiger partial charge in [-0.15, -0.1) is 0 Å². The highest BCUT2D eigenvalue weighted by Gasteiger charge is 2.12. The van der Waals surface area contributed by atoms with Crippen LogP contribution in [0.1, 0.15) is 51.7 Å². The van der Waals surface area contributed by atoms with Crippen molar-refractivity contribution in [2.75, 3.05) is 5.32 Å². The molecule has 2 aromatic carbocycles. The summed E-state index contributed by atoms with van der Waals surface area (Å²) in [6, 6.07) is 20.4. The van der Waals surface area contributed by atoms with Crippen LogP contribution in [0.5, 0.6) is 0 Å². The molecule has 0 atom stereocenters. The van der Waals surface area contributed by atoms with Gasteiger partial charge >= 0.3 is 0 Å². The summed E-state index contributed by atoms with van der Waals surface area (Å²) in [6.45, 7) is 4.66. The van der Waals surface area contributed by atoms with Gasteiger partial charge in [-0.2, -0.15) is 0 Å². The summed E-state index contributed by atoms with van der Waals surface area (Å²) >= 11 is 0. The Bertz CT molecular complexity index is 951. The highest BCUT2D eigenvalue weighted by atomic mass is 16.2. The fraction of sp³-hybridized carbons (Fsp3) is 0.174. The zero-order valence-electron chi connectivity index (χ0n) is 16.0. The standard InChI is InChI=1S/C23H23N3O2/c1-16(2)18-8-10-20(11-9-18)26-23(28)21-14-19(12-13-24-21)22(27)25-15-17-6-4-3-5-7-17/h3-14,16H,15H2,1-2H3,(H,25,27)(H,26,28). The first-order valence-electron chi connectivity index (χ1n) is 9.22. The summed E-state index contributed by atoms with van der Waals surface area (Å²) in [5, 5.41) is 5.66. The third-order valence-electron chi connectivity index (χ3n) is 4.39. The molecule has 2 amide bonds. The van der Waals surface area contributed by atoms with E-state index >= 15 is 0 Å². The SMILES string of the molecule is CC(C)c1ccc(NC(=O)c2cc(C(=O)NCc3ccccc3)ccn2)cc1. The molecule has 142 valence electrons. The van der Waals surface area contributed by atoms with Gasteiger partial charge in [0.2, 0.25) is 0 Å². The molecule has 1 aromatic heterocycles. The van der Waals surface area contributed by atoms with Crippen molar-refractivity contribution in [3.8, 4) is 0 Å². The van der Waals surface area contributed by atoms with Crippen molar-refractivity contribution in [2.24, 2.45) is 0 Å². The molecule has 0 fully saturated rings. The fourth-order valence-corrected chi connectivity index (χ4v) is 2.72. The average molecular weight is 373 g/mol. The molecule has 0 unspecified atom stereocenters. The molecular weight excluding hydrogens is 350 g/mol. The Morgan fingerprint density at radius 3 is 2.32 bits per heavy atom. The number of nitrogens with one attached hydrogen (secondary N) is 2. The number of hydrogen-bond acceptors (Lipinski definition) is 3. The maximum Gasteiger partial charge on any atom is 0.274 e. The van der Waals surface area contributed by atoms with E-state index in [9.17, 15) is 9.59 Å². The van der Waals surface area contributed by atoms with E-state index in [0.29, 0.717) is 23.7 Å². The van der Waals surface area contributed by atoms with E-state index < -0.39 is 0 Å². The largest absolute Gasteiger partial charge is 0.348 e. The Labute approximate surface area is 164 Å². The lowest BCUT2D eigenvalue weighted by molar-refractivity contribution is 0.0951. The predicted molar refractivity (Wildman–Crippen MR) is 110 cm³/mol. The van der Waals surface area contributed by atoms with Gasteiger partial charge in [0, 0.05) is 24.0 Å². The second kappa shape index (κ2) is 8.95. The minimum Gasteiger partial charge on any atom is -0.348 e. The Kier molecular flexibility index (Phi) is 6.17. The van der Waals surface area contributed by atoms with Gasteiger partial charge in [0.25, 0.3) is 11.8 Å². The number of rotatable bonds is 6. The van der Waals surface area contributed by atoms with Crippen LogP contribution >= 0.6 is 0 Å². The van der Waals surface area contributed by atoms with Crippen molar-refractivity contribution in [1.29, 1.82) is 0 Å². The van der Waals surface area contributed by atoms with E-state index in [-0.39, 0.29) is 17.5 Å². The van der Waals surface area contributed by atoms with Gasteiger partial charge < -0.3 is 10.6 Å². The number of carbonyl (C=O) groups is 2. The third-order valence-corrected chi connectivity index (χ3v) is 4.39. The van der Waals surface area contributed by atoms with E-state index in [0.717, 1.165) is 5.56 Å². The van der Waals surface area contributed by atoms with Crippen LogP contribution in [-0.2, 0) is 6.54 Å². The minimum absolute atomic E-state index is 0.195. The van der Waals surface area contributed by atoms with Crippen LogP contribution in [0.4, 0.5) is 5.69 Å². The highest BCUT2D eigenvalue weighted by Crippen LogP contribution is 2.17. The van der Waals surface area contributed by atoms with Gasteiger partial charge in [-0.1, -0.05) is 56.3 Å². The number of nitrogens with zero attached hydrogens (tertiary/aromatic N) is 1. The number of aromatic nitrogens is 1. The summed E-state index contributed by atoms with van der Waals surface area (Å²) in [4.78, 5) is 29.0. The third kappa shape index (κ3) is 5.04. The fourth-order valence-electron chi connectivity index (χ4n) is 2.72. The molecule has 5 nitrogen and oxygen atoms in total. The zero-order valence-corrected chi connectivity index (χ0v) is 16.0. The molecule has 28 heavy (non-hydrogen) atoms. The number of carbonyl (C=O) groups excluding carboxylic acids is 2. The summed E-state index contributed by atoms with van der Waals surface area (Å²) in [5.41, 5.74) is 3.49. The predicted octanol–water partition coefficient (Wildman–Crippen LogP) is 4.39. The maximum absolute atomic E-state index is 12.5. The first-order valence-corrected chi connectivity index (χ1v) is 9.22. The summed E-state index contributed by atoms with van der Waals surface area (Å²) in [7, 11) is 0. The average Bonchev–Trinajstić information content (AvgIpc) is 2.73. The quantitative estimate of drug-likeness (QED) is 0.673. The monoisotopic (exact) mass is 373 g/mol. The van der Waals surface area contributed by atoms with Crippen molar-refractivity contribution < 1.29 is 9.59 Å². The van der Waals surface area contributed by atoms with E-state index in [4.69, 9.17) is 0 Å². The Morgan fingerprint density at radius 1 is 0.929 bits per heavy atom. The van der Waals surface area contributed by atoms with Crippen molar-refractivity contribution in [3.05, 3.63) is 95.3 Å². The molecule has 2 N–H and O–H groups in total. The van der Waals surface area contributed by atoms with E-state index in [1.165, 1.54) is 17.8 Å². The number of anilines is 1. The molecular formula is C23H23N3O2. The van der Waals surface area contributed by atoms with Crippen LogP contribution in [0.25, 0.3) is 0 Å². The van der Waals surface area contributed by atoms with Crippen LogP contribution in [0.15, 0.2) is 72.9 Å². The van der Waals surface area contributed by atoms with Crippen LogP contribution in [0, 0.1) is 0 Å². The summed E-state index contributed by atoms with van der Waals surface area (Å²) < 4.78 is 0. The lowest BCUT2D eigenvalue weighted by Crippen LogP contribution is -2.23. The number of hydrogen-bond donors (Lipinski definition) is 2. The topological polar surface area (TPSA) is 71.1 Å². The molecule has 0 bridgehead atoms. The Hall–Kier alpha value is -3.47.